The number of carbonyl (C=O) groups excluding carboxylic acids is 1. The molecule has 0 saturated carbocycles. The first-order valence-electron chi connectivity index (χ1n) is 5.23. The molecule has 2 rings (SSSR count). The van der Waals surface area contributed by atoms with Crippen molar-refractivity contribution in [3.8, 4) is 11.5 Å². The van der Waals surface area contributed by atoms with Gasteiger partial charge in [0.25, 0.3) is 0 Å². The topological polar surface area (TPSA) is 61.3 Å². The summed E-state index contributed by atoms with van der Waals surface area (Å²) >= 11 is 1.07. The van der Waals surface area contributed by atoms with Gasteiger partial charge in [-0.15, -0.1) is 5.10 Å². The minimum atomic E-state index is -0.184. The van der Waals surface area contributed by atoms with Crippen LogP contribution in [0.5, 0.6) is 11.5 Å². The van der Waals surface area contributed by atoms with E-state index in [0.29, 0.717) is 27.6 Å². The molecule has 6 heteroatoms. The van der Waals surface area contributed by atoms with Crippen molar-refractivity contribution in [3.05, 3.63) is 34.3 Å². The smallest absolute Gasteiger partial charge is 0.213 e. The standard InChI is InChI=1S/C12H12N2O3S/c1-7-12(18-14-13-7)11(15)10-8(16-2)5-4-6-9(10)17-3/h4-6H,1-3H3. The Hall–Kier alpha value is -1.95. The highest BCUT2D eigenvalue weighted by atomic mass is 32.1. The maximum Gasteiger partial charge on any atom is 0.213 e. The van der Waals surface area contributed by atoms with E-state index in [9.17, 15) is 4.79 Å². The third-order valence-corrected chi connectivity index (χ3v) is 3.34. The highest BCUT2D eigenvalue weighted by Gasteiger charge is 2.23. The molecule has 0 spiro atoms. The number of hydrogen-bond donors (Lipinski definition) is 0. The van der Waals surface area contributed by atoms with Crippen molar-refractivity contribution in [2.24, 2.45) is 0 Å². The molecule has 0 radical (unpaired) electrons. The summed E-state index contributed by atoms with van der Waals surface area (Å²) in [6.07, 6.45) is 0. The second-order valence-electron chi connectivity index (χ2n) is 3.55. The summed E-state index contributed by atoms with van der Waals surface area (Å²) in [7, 11) is 3.03. The zero-order valence-corrected chi connectivity index (χ0v) is 11.1. The van der Waals surface area contributed by atoms with E-state index < -0.39 is 0 Å². The highest BCUT2D eigenvalue weighted by molar-refractivity contribution is 7.08. The molecule has 0 amide bonds. The van der Waals surface area contributed by atoms with Gasteiger partial charge in [0.05, 0.1) is 19.9 Å². The number of nitrogens with zero attached hydrogens (tertiary/aromatic N) is 2. The van der Waals surface area contributed by atoms with Gasteiger partial charge in [0.1, 0.15) is 21.9 Å². The van der Waals surface area contributed by atoms with Crippen molar-refractivity contribution < 1.29 is 14.3 Å². The van der Waals surface area contributed by atoms with Crippen LogP contribution in [0.2, 0.25) is 0 Å². The molecule has 0 N–H and O–H groups in total. The largest absolute Gasteiger partial charge is 0.496 e. The van der Waals surface area contributed by atoms with Crippen LogP contribution < -0.4 is 9.47 Å². The second kappa shape index (κ2) is 5.14. The Morgan fingerprint density at radius 3 is 2.28 bits per heavy atom. The quantitative estimate of drug-likeness (QED) is 0.791. The number of benzene rings is 1. The van der Waals surface area contributed by atoms with Crippen LogP contribution in [-0.4, -0.2) is 29.6 Å². The number of ether oxygens (including phenoxy) is 2. The van der Waals surface area contributed by atoms with Crippen LogP contribution in [0.25, 0.3) is 0 Å². The minimum absolute atomic E-state index is 0.184. The number of rotatable bonds is 4. The predicted molar refractivity (Wildman–Crippen MR) is 67.6 cm³/mol. The van der Waals surface area contributed by atoms with Crippen LogP contribution in [0, 0.1) is 6.92 Å². The first kappa shape index (κ1) is 12.5. The summed E-state index contributed by atoms with van der Waals surface area (Å²) in [6.45, 7) is 1.75. The molecule has 0 unspecified atom stereocenters. The van der Waals surface area contributed by atoms with E-state index in [1.165, 1.54) is 14.2 Å². The van der Waals surface area contributed by atoms with Crippen molar-refractivity contribution in [1.82, 2.24) is 9.59 Å². The Balaban J connectivity index is 2.56. The van der Waals surface area contributed by atoms with E-state index in [0.717, 1.165) is 11.5 Å². The molecule has 1 aromatic heterocycles. The first-order valence-corrected chi connectivity index (χ1v) is 6.01. The molecule has 2 aromatic rings. The second-order valence-corrected chi connectivity index (χ2v) is 4.31. The van der Waals surface area contributed by atoms with E-state index in [2.05, 4.69) is 9.59 Å². The monoisotopic (exact) mass is 264 g/mol. The number of methoxy groups -OCH3 is 2. The molecule has 1 heterocycles. The molecule has 5 nitrogen and oxygen atoms in total. The van der Waals surface area contributed by atoms with Gasteiger partial charge in [-0.3, -0.25) is 4.79 Å². The summed E-state index contributed by atoms with van der Waals surface area (Å²) in [4.78, 5) is 13.0. The average Bonchev–Trinajstić information content (AvgIpc) is 2.83. The molecule has 1 aromatic carbocycles. The van der Waals surface area contributed by atoms with Gasteiger partial charge in [-0.2, -0.15) is 0 Å². The fourth-order valence-electron chi connectivity index (χ4n) is 1.63. The SMILES string of the molecule is COc1cccc(OC)c1C(=O)c1snnc1C. The van der Waals surface area contributed by atoms with Gasteiger partial charge in [0.15, 0.2) is 0 Å². The summed E-state index contributed by atoms with van der Waals surface area (Å²) < 4.78 is 14.2. The lowest BCUT2D eigenvalue weighted by Gasteiger charge is -2.11. The lowest BCUT2D eigenvalue weighted by atomic mass is 10.1. The van der Waals surface area contributed by atoms with Gasteiger partial charge in [-0.05, 0) is 30.6 Å². The maximum absolute atomic E-state index is 12.5. The van der Waals surface area contributed by atoms with E-state index in [-0.39, 0.29) is 5.78 Å². The normalized spacial score (nSPS) is 10.2. The summed E-state index contributed by atoms with van der Waals surface area (Å²) in [5, 5.41) is 3.84. The molecule has 0 atom stereocenters. The number of hydrogen-bond acceptors (Lipinski definition) is 6. The van der Waals surface area contributed by atoms with Crippen molar-refractivity contribution in [3.63, 3.8) is 0 Å². The zero-order valence-electron chi connectivity index (χ0n) is 10.3. The summed E-state index contributed by atoms with van der Waals surface area (Å²) in [6, 6.07) is 5.21. The third-order valence-electron chi connectivity index (χ3n) is 2.51. The molecule has 0 aliphatic rings. The number of aryl methyl sites for hydroxylation is 1. The molecule has 0 aliphatic carbocycles. The Morgan fingerprint density at radius 1 is 1.22 bits per heavy atom. The van der Waals surface area contributed by atoms with Gasteiger partial charge in [-0.1, -0.05) is 10.6 Å². The molecule has 0 aliphatic heterocycles. The van der Waals surface area contributed by atoms with Crippen molar-refractivity contribution in [2.45, 2.75) is 6.92 Å². The average molecular weight is 264 g/mol. The molecular formula is C12H12N2O3S. The fraction of sp³-hybridized carbons (Fsp3) is 0.250. The van der Waals surface area contributed by atoms with Crippen LogP contribution in [0.4, 0.5) is 0 Å². The molecule has 0 bridgehead atoms. The Kier molecular flexibility index (Phi) is 3.57. The van der Waals surface area contributed by atoms with Gasteiger partial charge in [0, 0.05) is 0 Å². The lowest BCUT2D eigenvalue weighted by Crippen LogP contribution is -2.06. The highest BCUT2D eigenvalue weighted by Crippen LogP contribution is 2.31. The van der Waals surface area contributed by atoms with Crippen LogP contribution in [0.3, 0.4) is 0 Å². The maximum atomic E-state index is 12.5. The summed E-state index contributed by atoms with van der Waals surface area (Å²) in [5.74, 6) is 0.774. The zero-order chi connectivity index (χ0) is 13.1. The Morgan fingerprint density at radius 2 is 1.83 bits per heavy atom. The third kappa shape index (κ3) is 2.06. The molecule has 0 saturated heterocycles. The molecular weight excluding hydrogens is 252 g/mol. The van der Waals surface area contributed by atoms with Crippen molar-refractivity contribution in [1.29, 1.82) is 0 Å². The predicted octanol–water partition coefficient (Wildman–Crippen LogP) is 2.09. The van der Waals surface area contributed by atoms with Gasteiger partial charge >= 0.3 is 0 Å². The van der Waals surface area contributed by atoms with Crippen LogP contribution in [0.15, 0.2) is 18.2 Å². The number of carbonyl (C=O) groups is 1. The lowest BCUT2D eigenvalue weighted by molar-refractivity contribution is 0.103. The van der Waals surface area contributed by atoms with E-state index in [1.54, 1.807) is 25.1 Å². The molecule has 94 valence electrons. The van der Waals surface area contributed by atoms with Crippen LogP contribution >= 0.6 is 11.5 Å². The molecule has 0 fully saturated rings. The summed E-state index contributed by atoms with van der Waals surface area (Å²) in [5.41, 5.74) is 1.01. The fourth-order valence-corrected chi connectivity index (χ4v) is 2.23. The van der Waals surface area contributed by atoms with E-state index in [4.69, 9.17) is 9.47 Å². The minimum Gasteiger partial charge on any atom is -0.496 e. The first-order chi connectivity index (χ1) is 8.69. The van der Waals surface area contributed by atoms with Gasteiger partial charge in [0.2, 0.25) is 5.78 Å². The van der Waals surface area contributed by atoms with E-state index in [1.807, 2.05) is 0 Å². The Labute approximate surface area is 109 Å². The Bertz CT molecular complexity index is 558. The van der Waals surface area contributed by atoms with Crippen molar-refractivity contribution in [2.75, 3.05) is 14.2 Å². The van der Waals surface area contributed by atoms with Gasteiger partial charge in [-0.25, -0.2) is 0 Å². The van der Waals surface area contributed by atoms with Gasteiger partial charge < -0.3 is 9.47 Å². The number of ketones is 1. The van der Waals surface area contributed by atoms with Crippen LogP contribution in [-0.2, 0) is 0 Å². The molecule has 18 heavy (non-hydrogen) atoms. The van der Waals surface area contributed by atoms with E-state index >= 15 is 0 Å². The number of aromatic nitrogens is 2. The van der Waals surface area contributed by atoms with Crippen LogP contribution in [0.1, 0.15) is 20.9 Å². The van der Waals surface area contributed by atoms with Crippen molar-refractivity contribution >= 4 is 17.3 Å².